The van der Waals surface area contributed by atoms with E-state index in [0.717, 1.165) is 11.1 Å². The third-order valence-electron chi connectivity index (χ3n) is 6.58. The van der Waals surface area contributed by atoms with Crippen molar-refractivity contribution in [3.05, 3.63) is 132 Å². The average molecular weight is 666 g/mol. The number of ether oxygens (including phenoxy) is 4. The summed E-state index contributed by atoms with van der Waals surface area (Å²) in [6.07, 6.45) is 0.735. The second kappa shape index (κ2) is 17.2. The molecule has 0 aliphatic carbocycles. The maximum atomic E-state index is 13.6. The maximum absolute atomic E-state index is 13.6. The number of carbonyl (C=O) groups excluding carboxylic acids is 4. The third-order valence-corrected chi connectivity index (χ3v) is 6.58. The van der Waals surface area contributed by atoms with Gasteiger partial charge < -0.3 is 34.9 Å². The van der Waals surface area contributed by atoms with Crippen molar-refractivity contribution in [1.29, 1.82) is 0 Å². The van der Waals surface area contributed by atoms with E-state index >= 15 is 0 Å². The minimum atomic E-state index is -0.732. The van der Waals surface area contributed by atoms with Crippen LogP contribution >= 0.6 is 0 Å². The summed E-state index contributed by atoms with van der Waals surface area (Å²) in [7, 11) is 0. The molecule has 0 bridgehead atoms. The quantitative estimate of drug-likeness (QED) is 0.0976. The largest absolute Gasteiger partial charge is 0.487 e. The van der Waals surface area contributed by atoms with Crippen LogP contribution in [0.4, 0.5) is 16.2 Å². The highest BCUT2D eigenvalue weighted by Gasteiger charge is 2.19. The average Bonchev–Trinajstić information content (AvgIpc) is 3.09. The van der Waals surface area contributed by atoms with E-state index in [1.54, 1.807) is 26.8 Å². The van der Waals surface area contributed by atoms with Gasteiger partial charge in [-0.2, -0.15) is 0 Å². The number of hydrogen-bond donors (Lipinski definition) is 3. The van der Waals surface area contributed by atoms with Crippen LogP contribution in [0.1, 0.15) is 52.6 Å². The van der Waals surface area contributed by atoms with Crippen LogP contribution in [0.2, 0.25) is 0 Å². The van der Waals surface area contributed by atoms with E-state index in [-0.39, 0.29) is 54.7 Å². The van der Waals surface area contributed by atoms with Gasteiger partial charge in [0.15, 0.2) is 0 Å². The van der Waals surface area contributed by atoms with Crippen molar-refractivity contribution in [2.45, 2.75) is 39.6 Å². The molecule has 0 saturated heterocycles. The van der Waals surface area contributed by atoms with Crippen LogP contribution in [0, 0.1) is 0 Å². The molecule has 0 radical (unpaired) electrons. The highest BCUT2D eigenvalue weighted by Crippen LogP contribution is 2.30. The Morgan fingerprint density at radius 1 is 0.714 bits per heavy atom. The van der Waals surface area contributed by atoms with Crippen molar-refractivity contribution in [2.24, 2.45) is 0 Å². The van der Waals surface area contributed by atoms with Crippen LogP contribution in [0.3, 0.4) is 0 Å². The summed E-state index contributed by atoms with van der Waals surface area (Å²) >= 11 is 0. The first-order valence-electron chi connectivity index (χ1n) is 15.5. The fourth-order valence-corrected chi connectivity index (χ4v) is 4.30. The van der Waals surface area contributed by atoms with Gasteiger partial charge >= 0.3 is 12.1 Å². The molecule has 3 N–H and O–H groups in total. The second-order valence-corrected chi connectivity index (χ2v) is 11.7. The molecule has 4 rings (SSSR count). The van der Waals surface area contributed by atoms with Crippen molar-refractivity contribution >= 4 is 35.3 Å². The summed E-state index contributed by atoms with van der Waals surface area (Å²) in [4.78, 5) is 50.9. The predicted octanol–water partition coefficient (Wildman–Crippen LogP) is 6.90. The van der Waals surface area contributed by atoms with Crippen molar-refractivity contribution in [3.63, 3.8) is 0 Å². The number of esters is 1. The molecular weight excluding hydrogens is 626 g/mol. The van der Waals surface area contributed by atoms with Gasteiger partial charge in [-0.25, -0.2) is 9.59 Å². The Morgan fingerprint density at radius 2 is 1.24 bits per heavy atom. The summed E-state index contributed by atoms with van der Waals surface area (Å²) in [6, 6.07) is 28.0. The summed E-state index contributed by atoms with van der Waals surface area (Å²) in [5.41, 5.74) is 2.10. The van der Waals surface area contributed by atoms with E-state index in [0.29, 0.717) is 5.69 Å². The number of anilines is 2. The zero-order valence-corrected chi connectivity index (χ0v) is 27.6. The fraction of sp³-hybridized carbons (Fsp3) is 0.211. The van der Waals surface area contributed by atoms with Gasteiger partial charge in [0.25, 0.3) is 5.91 Å². The smallest absolute Gasteiger partial charge is 0.408 e. The van der Waals surface area contributed by atoms with Crippen LogP contribution in [0.5, 0.6) is 11.5 Å². The van der Waals surface area contributed by atoms with Gasteiger partial charge in [0, 0.05) is 5.56 Å². The molecule has 0 spiro atoms. The molecule has 0 atom stereocenters. The normalized spacial score (nSPS) is 10.7. The molecule has 254 valence electrons. The molecule has 0 aliphatic rings. The fourth-order valence-electron chi connectivity index (χ4n) is 4.30. The Bertz CT molecular complexity index is 1770. The van der Waals surface area contributed by atoms with E-state index in [2.05, 4.69) is 22.5 Å². The van der Waals surface area contributed by atoms with Crippen LogP contribution in [-0.4, -0.2) is 42.6 Å². The molecule has 0 saturated carbocycles. The Balaban J connectivity index is 1.55. The van der Waals surface area contributed by atoms with Gasteiger partial charge in [-0.3, -0.25) is 9.59 Å². The maximum Gasteiger partial charge on any atom is 0.408 e. The lowest BCUT2D eigenvalue weighted by atomic mass is 10.1. The standard InChI is InChI=1S/C38H39N3O8/c1-5-20-46-36(44)29-17-19-31(33(22-29)48-25-27-14-10-7-11-15-27)41-35(43)28-16-18-30(32(21-28)47-24-26-12-8-6-9-13-26)40-34(42)23-39-37(45)49-38(2,3)4/h5-19,21-22H,1,20,23-25H2,2-4H3,(H,39,45)(H,40,42)(H,41,43). The van der Waals surface area contributed by atoms with Crippen molar-refractivity contribution in [1.82, 2.24) is 5.32 Å². The number of amides is 3. The van der Waals surface area contributed by atoms with Crippen molar-refractivity contribution in [2.75, 3.05) is 23.8 Å². The van der Waals surface area contributed by atoms with Crippen molar-refractivity contribution in [3.8, 4) is 11.5 Å². The van der Waals surface area contributed by atoms with E-state index in [4.69, 9.17) is 18.9 Å². The molecule has 0 heterocycles. The third kappa shape index (κ3) is 11.6. The molecule has 11 nitrogen and oxygen atoms in total. The number of carbonyl (C=O) groups is 4. The topological polar surface area (TPSA) is 141 Å². The van der Waals surface area contributed by atoms with Gasteiger partial charge in [0.2, 0.25) is 5.91 Å². The monoisotopic (exact) mass is 665 g/mol. The first-order chi connectivity index (χ1) is 23.5. The Morgan fingerprint density at radius 3 is 1.80 bits per heavy atom. The van der Waals surface area contributed by atoms with E-state index in [1.807, 2.05) is 60.7 Å². The number of hydrogen-bond acceptors (Lipinski definition) is 8. The zero-order valence-electron chi connectivity index (χ0n) is 27.6. The van der Waals surface area contributed by atoms with E-state index < -0.39 is 29.5 Å². The molecule has 11 heteroatoms. The first kappa shape index (κ1) is 35.7. The molecular formula is C38H39N3O8. The lowest BCUT2D eigenvalue weighted by molar-refractivity contribution is -0.115. The molecule has 0 fully saturated rings. The van der Waals surface area contributed by atoms with Crippen molar-refractivity contribution < 1.29 is 38.1 Å². The number of benzene rings is 4. The first-order valence-corrected chi connectivity index (χ1v) is 15.5. The van der Waals surface area contributed by atoms with E-state index in [9.17, 15) is 19.2 Å². The summed E-state index contributed by atoms with van der Waals surface area (Å²) in [5.74, 6) is -1.11. The molecule has 0 aliphatic heterocycles. The molecule has 0 aromatic heterocycles. The summed E-state index contributed by atoms with van der Waals surface area (Å²) < 4.78 is 22.4. The minimum Gasteiger partial charge on any atom is -0.487 e. The molecule has 0 unspecified atom stereocenters. The molecule has 4 aromatic carbocycles. The van der Waals surface area contributed by atoms with E-state index in [1.165, 1.54) is 36.4 Å². The lowest BCUT2D eigenvalue weighted by Crippen LogP contribution is -2.37. The second-order valence-electron chi connectivity index (χ2n) is 11.7. The number of alkyl carbamates (subject to hydrolysis) is 1. The highest BCUT2D eigenvalue weighted by atomic mass is 16.6. The Labute approximate surface area is 285 Å². The highest BCUT2D eigenvalue weighted by molar-refractivity contribution is 6.06. The SMILES string of the molecule is C=CCOC(=O)c1ccc(NC(=O)c2ccc(NC(=O)CNC(=O)OC(C)(C)C)c(OCc3ccccc3)c2)c(OCc2ccccc2)c1. The summed E-state index contributed by atoms with van der Waals surface area (Å²) in [5, 5.41) is 7.98. The molecule has 3 amide bonds. The van der Waals surface area contributed by atoms with Gasteiger partial charge in [-0.15, -0.1) is 0 Å². The molecule has 4 aromatic rings. The van der Waals surface area contributed by atoms with Gasteiger partial charge in [0.05, 0.1) is 16.9 Å². The van der Waals surface area contributed by atoms with Crippen LogP contribution in [0.15, 0.2) is 110 Å². The van der Waals surface area contributed by atoms with Gasteiger partial charge in [-0.05, 0) is 68.3 Å². The summed E-state index contributed by atoms with van der Waals surface area (Å²) in [6.45, 7) is 8.75. The molecule has 49 heavy (non-hydrogen) atoms. The van der Waals surface area contributed by atoms with Gasteiger partial charge in [-0.1, -0.05) is 73.3 Å². The Hall–Kier alpha value is -6.10. The zero-order chi connectivity index (χ0) is 35.2. The number of rotatable bonds is 14. The predicted molar refractivity (Wildman–Crippen MR) is 186 cm³/mol. The lowest BCUT2D eigenvalue weighted by Gasteiger charge is -2.19. The van der Waals surface area contributed by atoms with Crippen LogP contribution in [-0.2, 0) is 27.5 Å². The van der Waals surface area contributed by atoms with Crippen LogP contribution in [0.25, 0.3) is 0 Å². The minimum absolute atomic E-state index is 0.0445. The van der Waals surface area contributed by atoms with Gasteiger partial charge in [0.1, 0.15) is 43.5 Å². The Kier molecular flexibility index (Phi) is 12.5. The van der Waals surface area contributed by atoms with Crippen LogP contribution < -0.4 is 25.4 Å². The number of nitrogens with one attached hydrogen (secondary N) is 3.